The maximum absolute atomic E-state index is 13.0. The second-order valence-corrected chi connectivity index (χ2v) is 4.91. The summed E-state index contributed by atoms with van der Waals surface area (Å²) >= 11 is 3.18. The van der Waals surface area contributed by atoms with E-state index in [0.29, 0.717) is 11.0 Å². The molecule has 0 spiro atoms. The number of hydrogen-bond acceptors (Lipinski definition) is 1. The van der Waals surface area contributed by atoms with Crippen LogP contribution < -0.4 is 5.73 Å². The molecule has 0 saturated carbocycles. The van der Waals surface area contributed by atoms with Crippen LogP contribution in [0.3, 0.4) is 0 Å². The second-order valence-electron chi connectivity index (χ2n) is 4.05. The van der Waals surface area contributed by atoms with Crippen molar-refractivity contribution in [2.24, 2.45) is 5.73 Å². The summed E-state index contributed by atoms with van der Waals surface area (Å²) in [7, 11) is 0. The lowest BCUT2D eigenvalue weighted by Crippen LogP contribution is -2.21. The molecule has 0 aliphatic rings. The van der Waals surface area contributed by atoms with Crippen molar-refractivity contribution in [3.05, 3.63) is 34.1 Å². The van der Waals surface area contributed by atoms with Gasteiger partial charge < -0.3 is 5.73 Å². The minimum atomic E-state index is -0.225. The summed E-state index contributed by atoms with van der Waals surface area (Å²) in [5, 5.41) is 0. The molecule has 14 heavy (non-hydrogen) atoms. The topological polar surface area (TPSA) is 26.0 Å². The first-order valence-electron chi connectivity index (χ1n) is 4.63. The van der Waals surface area contributed by atoms with E-state index < -0.39 is 0 Å². The Labute approximate surface area is 92.6 Å². The van der Waals surface area contributed by atoms with Gasteiger partial charge in [0.15, 0.2) is 0 Å². The van der Waals surface area contributed by atoms with E-state index in [1.165, 1.54) is 6.07 Å². The van der Waals surface area contributed by atoms with Gasteiger partial charge in [0.05, 0.1) is 4.47 Å². The van der Waals surface area contributed by atoms with Crippen molar-refractivity contribution in [2.75, 3.05) is 6.54 Å². The van der Waals surface area contributed by atoms with Crippen molar-refractivity contribution in [3.63, 3.8) is 0 Å². The average Bonchev–Trinajstić information content (AvgIpc) is 2.09. The van der Waals surface area contributed by atoms with Gasteiger partial charge in [0.2, 0.25) is 0 Å². The average molecular weight is 260 g/mol. The highest BCUT2D eigenvalue weighted by Crippen LogP contribution is 2.29. The van der Waals surface area contributed by atoms with Gasteiger partial charge in [-0.1, -0.05) is 19.9 Å². The Bertz CT molecular complexity index is 323. The molecule has 78 valence electrons. The van der Waals surface area contributed by atoms with Gasteiger partial charge >= 0.3 is 0 Å². The summed E-state index contributed by atoms with van der Waals surface area (Å²) < 4.78 is 13.5. The highest BCUT2D eigenvalue weighted by Gasteiger charge is 2.20. The molecule has 1 rings (SSSR count). The fourth-order valence-electron chi connectivity index (χ4n) is 1.42. The zero-order valence-corrected chi connectivity index (χ0v) is 10.1. The van der Waals surface area contributed by atoms with Crippen LogP contribution in [0.5, 0.6) is 0 Å². The number of hydrogen-bond donors (Lipinski definition) is 1. The van der Waals surface area contributed by atoms with Gasteiger partial charge in [-0.15, -0.1) is 0 Å². The molecule has 0 heterocycles. The van der Waals surface area contributed by atoms with Gasteiger partial charge in [0, 0.05) is 0 Å². The van der Waals surface area contributed by atoms with Crippen molar-refractivity contribution in [1.82, 2.24) is 0 Å². The summed E-state index contributed by atoms with van der Waals surface area (Å²) in [6, 6.07) is 5.12. The summed E-state index contributed by atoms with van der Waals surface area (Å²) in [6.07, 6.45) is 0.894. The van der Waals surface area contributed by atoms with Gasteiger partial charge in [-0.3, -0.25) is 0 Å². The molecule has 0 aliphatic heterocycles. The summed E-state index contributed by atoms with van der Waals surface area (Å²) in [6.45, 7) is 4.86. The molecule has 3 heteroatoms. The minimum Gasteiger partial charge on any atom is -0.330 e. The Hall–Kier alpha value is -0.410. The first kappa shape index (κ1) is 11.7. The molecular formula is C11H15BrFN. The zero-order valence-electron chi connectivity index (χ0n) is 8.48. The number of halogens is 2. The molecule has 0 radical (unpaired) electrons. The molecule has 0 atom stereocenters. The van der Waals surface area contributed by atoms with Crippen LogP contribution in [0.15, 0.2) is 22.7 Å². The molecule has 0 bridgehead atoms. The van der Waals surface area contributed by atoms with Crippen LogP contribution in [0.1, 0.15) is 25.8 Å². The van der Waals surface area contributed by atoms with Crippen LogP contribution >= 0.6 is 15.9 Å². The molecule has 0 aliphatic carbocycles. The minimum absolute atomic E-state index is 0.00493. The smallest absolute Gasteiger partial charge is 0.137 e. The van der Waals surface area contributed by atoms with Gasteiger partial charge in [-0.25, -0.2) is 4.39 Å². The molecule has 0 saturated heterocycles. The van der Waals surface area contributed by atoms with Crippen molar-refractivity contribution in [2.45, 2.75) is 25.7 Å². The van der Waals surface area contributed by atoms with E-state index in [2.05, 4.69) is 29.8 Å². The lowest BCUT2D eigenvalue weighted by Gasteiger charge is -2.24. The monoisotopic (exact) mass is 259 g/mol. The Balaban J connectivity index is 3.01. The van der Waals surface area contributed by atoms with E-state index >= 15 is 0 Å². The van der Waals surface area contributed by atoms with E-state index in [1.54, 1.807) is 0 Å². The van der Waals surface area contributed by atoms with E-state index in [-0.39, 0.29) is 11.2 Å². The predicted octanol–water partition coefficient (Wildman–Crippen LogP) is 3.21. The SMILES string of the molecule is CC(C)(CCN)c1ccc(F)c(Br)c1. The Morgan fingerprint density at radius 3 is 2.57 bits per heavy atom. The highest BCUT2D eigenvalue weighted by molar-refractivity contribution is 9.10. The Kier molecular flexibility index (Phi) is 3.67. The van der Waals surface area contributed by atoms with Crippen LogP contribution in [0.2, 0.25) is 0 Å². The molecule has 1 nitrogen and oxygen atoms in total. The second kappa shape index (κ2) is 4.41. The van der Waals surface area contributed by atoms with Crippen molar-refractivity contribution >= 4 is 15.9 Å². The Morgan fingerprint density at radius 1 is 1.43 bits per heavy atom. The van der Waals surface area contributed by atoms with Crippen molar-refractivity contribution < 1.29 is 4.39 Å². The highest BCUT2D eigenvalue weighted by atomic mass is 79.9. The fraction of sp³-hybridized carbons (Fsp3) is 0.455. The third-order valence-electron chi connectivity index (χ3n) is 2.47. The maximum atomic E-state index is 13.0. The quantitative estimate of drug-likeness (QED) is 0.887. The normalized spacial score (nSPS) is 11.8. The summed E-state index contributed by atoms with van der Waals surface area (Å²) in [4.78, 5) is 0. The van der Waals surface area contributed by atoms with Crippen molar-refractivity contribution in [3.8, 4) is 0 Å². The first-order valence-corrected chi connectivity index (χ1v) is 5.42. The van der Waals surface area contributed by atoms with Crippen molar-refractivity contribution in [1.29, 1.82) is 0 Å². The molecule has 0 fully saturated rings. The van der Waals surface area contributed by atoms with Gasteiger partial charge in [0.1, 0.15) is 5.82 Å². The van der Waals surface area contributed by atoms with Crippen LogP contribution in [-0.4, -0.2) is 6.54 Å². The van der Waals surface area contributed by atoms with E-state index in [1.807, 2.05) is 12.1 Å². The van der Waals surface area contributed by atoms with Gasteiger partial charge in [0.25, 0.3) is 0 Å². The maximum Gasteiger partial charge on any atom is 0.137 e. The lowest BCUT2D eigenvalue weighted by atomic mass is 9.82. The number of nitrogens with two attached hydrogens (primary N) is 1. The molecule has 1 aromatic carbocycles. The van der Waals surface area contributed by atoms with Crippen LogP contribution in [0.25, 0.3) is 0 Å². The first-order chi connectivity index (χ1) is 6.47. The molecule has 0 aromatic heterocycles. The lowest BCUT2D eigenvalue weighted by molar-refractivity contribution is 0.486. The third kappa shape index (κ3) is 2.55. The van der Waals surface area contributed by atoms with Crippen LogP contribution in [0, 0.1) is 5.82 Å². The van der Waals surface area contributed by atoms with E-state index in [0.717, 1.165) is 12.0 Å². The summed E-state index contributed by atoms with van der Waals surface area (Å²) in [5.74, 6) is -0.225. The Morgan fingerprint density at radius 2 is 2.07 bits per heavy atom. The van der Waals surface area contributed by atoms with Gasteiger partial charge in [-0.2, -0.15) is 0 Å². The molecule has 0 unspecified atom stereocenters. The molecule has 1 aromatic rings. The van der Waals surface area contributed by atoms with E-state index in [9.17, 15) is 4.39 Å². The van der Waals surface area contributed by atoms with Gasteiger partial charge in [-0.05, 0) is 52.0 Å². The number of benzene rings is 1. The molecule has 0 amide bonds. The zero-order chi connectivity index (χ0) is 10.8. The molecular weight excluding hydrogens is 245 g/mol. The fourth-order valence-corrected chi connectivity index (χ4v) is 1.80. The number of rotatable bonds is 3. The van der Waals surface area contributed by atoms with E-state index in [4.69, 9.17) is 5.73 Å². The predicted molar refractivity (Wildman–Crippen MR) is 60.8 cm³/mol. The summed E-state index contributed by atoms with van der Waals surface area (Å²) in [5.41, 5.74) is 6.65. The van der Waals surface area contributed by atoms with Crippen LogP contribution in [0.4, 0.5) is 4.39 Å². The third-order valence-corrected chi connectivity index (χ3v) is 3.08. The van der Waals surface area contributed by atoms with Crippen LogP contribution in [-0.2, 0) is 5.41 Å². The largest absolute Gasteiger partial charge is 0.330 e. The standard InChI is InChI=1S/C11H15BrFN/c1-11(2,5-6-14)8-3-4-10(13)9(12)7-8/h3-4,7H,5-6,14H2,1-2H3. The molecule has 2 N–H and O–H groups in total.